The van der Waals surface area contributed by atoms with Gasteiger partial charge >= 0.3 is 0 Å². The van der Waals surface area contributed by atoms with Crippen molar-refractivity contribution in [3.63, 3.8) is 0 Å². The third kappa shape index (κ3) is 4.43. The van der Waals surface area contributed by atoms with Crippen molar-refractivity contribution in [1.29, 1.82) is 0 Å². The number of nitrogen functional groups attached to an aromatic ring is 1. The van der Waals surface area contributed by atoms with Gasteiger partial charge in [-0.2, -0.15) is 4.98 Å². The van der Waals surface area contributed by atoms with Crippen molar-refractivity contribution >= 4 is 32.8 Å². The Balaban J connectivity index is 1.70. The fourth-order valence-electron chi connectivity index (χ4n) is 4.12. The molecule has 1 aliphatic rings. The zero-order valence-corrected chi connectivity index (χ0v) is 18.7. The van der Waals surface area contributed by atoms with Crippen LogP contribution in [-0.4, -0.2) is 33.7 Å². The molecule has 2 heterocycles. The Morgan fingerprint density at radius 3 is 2.62 bits per heavy atom. The molecule has 0 amide bonds. The lowest BCUT2D eigenvalue weighted by Crippen LogP contribution is -2.26. The molecule has 9 nitrogen and oxygen atoms in total. The van der Waals surface area contributed by atoms with Gasteiger partial charge in [0.2, 0.25) is 16.0 Å². The maximum atomic E-state index is 14.8. The summed E-state index contributed by atoms with van der Waals surface area (Å²) in [5.41, 5.74) is 5.90. The molecule has 1 aliphatic carbocycles. The van der Waals surface area contributed by atoms with E-state index in [0.717, 1.165) is 31.7 Å². The maximum absolute atomic E-state index is 14.8. The van der Waals surface area contributed by atoms with Crippen LogP contribution in [0.5, 0.6) is 0 Å². The number of sulfonamides is 1. The van der Waals surface area contributed by atoms with Gasteiger partial charge in [-0.15, -0.1) is 0 Å². The molecule has 170 valence electrons. The van der Waals surface area contributed by atoms with Crippen LogP contribution in [0.4, 0.5) is 16.0 Å². The monoisotopic (exact) mass is 460 g/mol. The van der Waals surface area contributed by atoms with E-state index < -0.39 is 21.4 Å². The van der Waals surface area contributed by atoms with Crippen LogP contribution in [0.3, 0.4) is 0 Å². The van der Waals surface area contributed by atoms with Crippen LogP contribution in [0.1, 0.15) is 45.6 Å². The number of anilines is 2. The molecule has 0 aliphatic heterocycles. The molecule has 3 aromatic rings. The number of nitrogens with zero attached hydrogens (tertiary/aromatic N) is 4. The predicted octanol–water partition coefficient (Wildman–Crippen LogP) is 3.09. The maximum Gasteiger partial charge on any atom is 0.278 e. The second-order valence-corrected chi connectivity index (χ2v) is 10.2. The minimum atomic E-state index is -3.68. The highest BCUT2D eigenvalue weighted by Gasteiger charge is 2.24. The lowest BCUT2D eigenvalue weighted by Gasteiger charge is -2.15. The van der Waals surface area contributed by atoms with Crippen LogP contribution >= 0.6 is 0 Å². The Kier molecular flexibility index (Phi) is 5.85. The molecule has 1 saturated carbocycles. The van der Waals surface area contributed by atoms with Crippen molar-refractivity contribution in [2.75, 3.05) is 16.2 Å². The number of hydrogen-bond donors (Lipinski definition) is 2. The summed E-state index contributed by atoms with van der Waals surface area (Å²) in [5, 5.41) is 0. The van der Waals surface area contributed by atoms with Gasteiger partial charge in [0, 0.05) is 11.6 Å². The summed E-state index contributed by atoms with van der Waals surface area (Å²) in [5.74, 6) is -0.699. The number of nitrogens with one attached hydrogen (secondary N) is 1. The Morgan fingerprint density at radius 1 is 1.25 bits per heavy atom. The molecule has 3 N–H and O–H groups in total. The second kappa shape index (κ2) is 8.45. The molecule has 0 unspecified atom stereocenters. The van der Waals surface area contributed by atoms with E-state index in [1.54, 1.807) is 0 Å². The molecule has 0 atom stereocenters. The summed E-state index contributed by atoms with van der Waals surface area (Å²) < 4.78 is 43.5. The number of nitrogens with two attached hydrogens (primary N) is 1. The first-order chi connectivity index (χ1) is 15.1. The van der Waals surface area contributed by atoms with Crippen LogP contribution in [0, 0.1) is 11.7 Å². The van der Waals surface area contributed by atoms with Gasteiger partial charge in [0.1, 0.15) is 17.0 Å². The summed E-state index contributed by atoms with van der Waals surface area (Å²) >= 11 is 0. The lowest BCUT2D eigenvalue weighted by atomic mass is 10.1. The number of rotatable bonds is 6. The first-order valence-corrected chi connectivity index (χ1v) is 12.1. The van der Waals surface area contributed by atoms with Gasteiger partial charge < -0.3 is 5.73 Å². The Labute approximate surface area is 185 Å². The van der Waals surface area contributed by atoms with Crippen molar-refractivity contribution in [2.45, 2.75) is 45.6 Å². The van der Waals surface area contributed by atoms with E-state index >= 15 is 0 Å². The fraction of sp³-hybridized carbons (Fsp3) is 0.429. The minimum Gasteiger partial charge on any atom is -0.368 e. The minimum absolute atomic E-state index is 0.0128. The number of halogens is 1. The van der Waals surface area contributed by atoms with Gasteiger partial charge in [0.25, 0.3) is 5.56 Å². The van der Waals surface area contributed by atoms with E-state index in [-0.39, 0.29) is 46.3 Å². The van der Waals surface area contributed by atoms with E-state index in [4.69, 9.17) is 5.73 Å². The SMILES string of the molecule is CC(C)n1c(=O)c(-c2ccc(NS(=O)(=O)CC3CCCC3)c(F)c2)nc2cnc(N)nc21. The normalized spacial score (nSPS) is 15.0. The van der Waals surface area contributed by atoms with Crippen LogP contribution in [0.2, 0.25) is 0 Å². The molecule has 4 rings (SSSR count). The van der Waals surface area contributed by atoms with Crippen molar-refractivity contribution < 1.29 is 12.8 Å². The van der Waals surface area contributed by atoms with Gasteiger partial charge in [-0.3, -0.25) is 14.1 Å². The summed E-state index contributed by atoms with van der Waals surface area (Å²) in [7, 11) is -3.68. The van der Waals surface area contributed by atoms with Gasteiger partial charge in [-0.1, -0.05) is 18.9 Å². The Hall–Kier alpha value is -3.08. The molecular formula is C21H25FN6O3S. The molecular weight excluding hydrogens is 435 g/mol. The summed E-state index contributed by atoms with van der Waals surface area (Å²) in [6, 6.07) is 3.62. The largest absolute Gasteiger partial charge is 0.368 e. The highest BCUT2D eigenvalue weighted by Crippen LogP contribution is 2.28. The standard InChI is InChI=1S/C21H25FN6O3S/c1-12(2)28-19-17(10-24-21(23)26-19)25-18(20(28)29)14-7-8-16(15(22)9-14)27-32(30,31)11-13-5-3-4-6-13/h7-10,12-13,27H,3-6,11H2,1-2H3,(H2,23,24,26). The fourth-order valence-corrected chi connectivity index (χ4v) is 5.66. The smallest absolute Gasteiger partial charge is 0.278 e. The third-order valence-corrected chi connectivity index (χ3v) is 7.05. The summed E-state index contributed by atoms with van der Waals surface area (Å²) in [6.45, 7) is 3.62. The highest BCUT2D eigenvalue weighted by atomic mass is 32.2. The topological polar surface area (TPSA) is 133 Å². The van der Waals surface area contributed by atoms with Gasteiger partial charge in [-0.05, 0) is 44.7 Å². The Morgan fingerprint density at radius 2 is 1.97 bits per heavy atom. The number of hydrogen-bond acceptors (Lipinski definition) is 7. The van der Waals surface area contributed by atoms with Crippen molar-refractivity contribution in [1.82, 2.24) is 19.5 Å². The second-order valence-electron chi connectivity index (χ2n) is 8.39. The van der Waals surface area contributed by atoms with E-state index in [0.29, 0.717) is 5.52 Å². The predicted molar refractivity (Wildman–Crippen MR) is 121 cm³/mol. The molecule has 0 radical (unpaired) electrons. The van der Waals surface area contributed by atoms with E-state index in [1.165, 1.54) is 22.9 Å². The third-order valence-electron chi connectivity index (χ3n) is 5.60. The molecule has 2 aromatic heterocycles. The average molecular weight is 461 g/mol. The zero-order chi connectivity index (χ0) is 23.0. The molecule has 1 fully saturated rings. The number of fused-ring (bicyclic) bond motifs is 1. The summed E-state index contributed by atoms with van der Waals surface area (Å²) in [6.07, 6.45) is 5.18. The zero-order valence-electron chi connectivity index (χ0n) is 17.9. The Bertz CT molecular complexity index is 1330. The van der Waals surface area contributed by atoms with Gasteiger partial charge in [0.15, 0.2) is 5.65 Å². The molecule has 11 heteroatoms. The molecule has 32 heavy (non-hydrogen) atoms. The number of benzene rings is 1. The molecule has 1 aromatic carbocycles. The van der Waals surface area contributed by atoms with E-state index in [9.17, 15) is 17.6 Å². The quantitative estimate of drug-likeness (QED) is 0.577. The number of aromatic nitrogens is 4. The molecule has 0 saturated heterocycles. The molecule has 0 spiro atoms. The van der Waals surface area contributed by atoms with Crippen LogP contribution in [-0.2, 0) is 10.0 Å². The van der Waals surface area contributed by atoms with Crippen LogP contribution < -0.4 is 16.0 Å². The first-order valence-electron chi connectivity index (χ1n) is 10.5. The van der Waals surface area contributed by atoms with Crippen molar-refractivity contribution in [3.05, 3.63) is 40.6 Å². The lowest BCUT2D eigenvalue weighted by molar-refractivity contribution is 0.562. The van der Waals surface area contributed by atoms with Gasteiger partial charge in [0.05, 0.1) is 17.6 Å². The van der Waals surface area contributed by atoms with E-state index in [1.807, 2.05) is 13.8 Å². The van der Waals surface area contributed by atoms with Gasteiger partial charge in [-0.25, -0.2) is 22.8 Å². The first kappa shape index (κ1) is 22.1. The van der Waals surface area contributed by atoms with Crippen molar-refractivity contribution in [3.8, 4) is 11.3 Å². The summed E-state index contributed by atoms with van der Waals surface area (Å²) in [4.78, 5) is 25.5. The van der Waals surface area contributed by atoms with E-state index in [2.05, 4.69) is 19.7 Å². The molecule has 0 bridgehead atoms. The average Bonchev–Trinajstić information content (AvgIpc) is 3.21. The van der Waals surface area contributed by atoms with Crippen molar-refractivity contribution in [2.24, 2.45) is 5.92 Å². The van der Waals surface area contributed by atoms with Crippen LogP contribution in [0.15, 0.2) is 29.2 Å². The highest BCUT2D eigenvalue weighted by molar-refractivity contribution is 7.92. The van der Waals surface area contributed by atoms with Crippen LogP contribution in [0.25, 0.3) is 22.4 Å².